The molecule has 2 N–H and O–H groups in total. The van der Waals surface area contributed by atoms with E-state index in [0.29, 0.717) is 0 Å². The lowest BCUT2D eigenvalue weighted by Gasteiger charge is -2.09. The number of hydrazone groups is 1. The number of carbonyl (C=O) groups excluding carboxylic acids is 1. The van der Waals surface area contributed by atoms with Crippen molar-refractivity contribution in [1.29, 1.82) is 0 Å². The molecule has 0 radical (unpaired) electrons. The second-order valence-electron chi connectivity index (χ2n) is 3.10. The van der Waals surface area contributed by atoms with Crippen molar-refractivity contribution in [2.24, 2.45) is 5.10 Å². The molecular weight excluding hydrogens is 269 g/mol. The predicted octanol–water partition coefficient (Wildman–Crippen LogP) is 1.64. The van der Waals surface area contributed by atoms with Crippen molar-refractivity contribution >= 4 is 23.7 Å². The van der Waals surface area contributed by atoms with E-state index in [9.17, 15) is 22.8 Å². The summed E-state index contributed by atoms with van der Waals surface area (Å²) in [5.41, 5.74) is 1.63. The lowest BCUT2D eigenvalue weighted by atomic mass is 10.3. The Bertz CT molecular complexity index is 496. The molecule has 0 saturated heterocycles. The number of nitrogens with one attached hydrogen (secondary N) is 1. The molecule has 1 rings (SSSR count). The van der Waals surface area contributed by atoms with Crippen molar-refractivity contribution in [3.8, 4) is 5.75 Å². The largest absolute Gasteiger partial charge is 0.573 e. The number of aldehydes is 1. The molecule has 0 atom stereocenters. The van der Waals surface area contributed by atoms with Gasteiger partial charge < -0.3 is 9.84 Å². The summed E-state index contributed by atoms with van der Waals surface area (Å²) >= 11 is 0. The number of alkyl halides is 3. The van der Waals surface area contributed by atoms with Gasteiger partial charge in [-0.15, -0.1) is 13.2 Å². The van der Waals surface area contributed by atoms with Gasteiger partial charge in [0.15, 0.2) is 6.29 Å². The summed E-state index contributed by atoms with van der Waals surface area (Å²) in [6, 6.07) is 4.36. The Morgan fingerprint density at radius 1 is 1.32 bits per heavy atom. The quantitative estimate of drug-likeness (QED) is 0.369. The summed E-state index contributed by atoms with van der Waals surface area (Å²) in [7, 11) is 0. The fourth-order valence-electron chi connectivity index (χ4n) is 0.981. The number of halogens is 3. The summed E-state index contributed by atoms with van der Waals surface area (Å²) in [6.07, 6.45) is -4.77. The molecule has 0 aliphatic carbocycles. The number of hydrogen-bond donors (Lipinski definition) is 2. The molecule has 102 valence electrons. The standard InChI is InChI=1S/C10H7F3N2O4/c11-10(12,13)19-7-3-1-6(2-4-7)14-15-8(5-16)9(17)18/h1-5,14H,(H,17,18). The van der Waals surface area contributed by atoms with Gasteiger partial charge in [0.05, 0.1) is 5.69 Å². The highest BCUT2D eigenvalue weighted by molar-refractivity contribution is 6.57. The number of ether oxygens (including phenoxy) is 1. The molecule has 19 heavy (non-hydrogen) atoms. The van der Waals surface area contributed by atoms with Crippen LogP contribution in [0.2, 0.25) is 0 Å². The van der Waals surface area contributed by atoms with Crippen molar-refractivity contribution in [1.82, 2.24) is 0 Å². The molecule has 1 aromatic carbocycles. The van der Waals surface area contributed by atoms with E-state index in [2.05, 4.69) is 15.3 Å². The first kappa shape index (κ1) is 14.5. The minimum absolute atomic E-state index is 0.0243. The van der Waals surface area contributed by atoms with Crippen LogP contribution in [0, 0.1) is 0 Å². The Kier molecular flexibility index (Phi) is 4.46. The van der Waals surface area contributed by atoms with Crippen molar-refractivity contribution < 1.29 is 32.6 Å². The fraction of sp³-hybridized carbons (Fsp3) is 0.100. The fourth-order valence-corrected chi connectivity index (χ4v) is 0.981. The minimum Gasteiger partial charge on any atom is -0.476 e. The van der Waals surface area contributed by atoms with Crippen molar-refractivity contribution in [3.63, 3.8) is 0 Å². The number of aliphatic carboxylic acids is 1. The van der Waals surface area contributed by atoms with E-state index in [1.165, 1.54) is 12.1 Å². The van der Waals surface area contributed by atoms with Crippen LogP contribution in [0.1, 0.15) is 0 Å². The predicted molar refractivity (Wildman–Crippen MR) is 57.9 cm³/mol. The second-order valence-corrected chi connectivity index (χ2v) is 3.10. The molecule has 0 unspecified atom stereocenters. The number of carbonyl (C=O) groups is 2. The third kappa shape index (κ3) is 5.06. The van der Waals surface area contributed by atoms with Gasteiger partial charge in [-0.05, 0) is 24.3 Å². The number of anilines is 1. The summed E-state index contributed by atoms with van der Waals surface area (Å²) in [5, 5.41) is 11.7. The molecule has 0 amide bonds. The van der Waals surface area contributed by atoms with Gasteiger partial charge in [0, 0.05) is 0 Å². The van der Waals surface area contributed by atoms with Gasteiger partial charge >= 0.3 is 12.3 Å². The number of rotatable bonds is 5. The first-order valence-electron chi connectivity index (χ1n) is 4.70. The lowest BCUT2D eigenvalue weighted by molar-refractivity contribution is -0.274. The van der Waals surface area contributed by atoms with Crippen molar-refractivity contribution in [2.45, 2.75) is 6.36 Å². The Hall–Kier alpha value is -2.58. The number of benzene rings is 1. The molecule has 0 aliphatic rings. The number of carboxylic acids is 1. The Morgan fingerprint density at radius 3 is 2.32 bits per heavy atom. The number of carboxylic acid groups (broad SMARTS) is 1. The van der Waals surface area contributed by atoms with Gasteiger partial charge in [-0.25, -0.2) is 4.79 Å². The van der Waals surface area contributed by atoms with E-state index in [4.69, 9.17) is 5.11 Å². The van der Waals surface area contributed by atoms with E-state index in [1.807, 2.05) is 0 Å². The summed E-state index contributed by atoms with van der Waals surface area (Å²) in [4.78, 5) is 20.7. The maximum absolute atomic E-state index is 11.9. The third-order valence-corrected chi connectivity index (χ3v) is 1.72. The number of hydrogen-bond acceptors (Lipinski definition) is 5. The van der Waals surface area contributed by atoms with E-state index >= 15 is 0 Å². The van der Waals surface area contributed by atoms with Crippen molar-refractivity contribution in [3.05, 3.63) is 24.3 Å². The summed E-state index contributed by atoms with van der Waals surface area (Å²) < 4.78 is 39.2. The van der Waals surface area contributed by atoms with E-state index < -0.39 is 23.8 Å². The number of nitrogens with zero attached hydrogens (tertiary/aromatic N) is 1. The van der Waals surface area contributed by atoms with Crippen LogP contribution in [-0.4, -0.2) is 29.4 Å². The minimum atomic E-state index is -4.79. The van der Waals surface area contributed by atoms with Crippen LogP contribution < -0.4 is 10.2 Å². The molecule has 0 heterocycles. The Morgan fingerprint density at radius 2 is 1.89 bits per heavy atom. The van der Waals surface area contributed by atoms with Crippen LogP contribution in [0.5, 0.6) is 5.75 Å². The molecule has 9 heteroatoms. The molecule has 6 nitrogen and oxygen atoms in total. The zero-order valence-corrected chi connectivity index (χ0v) is 9.14. The molecule has 1 aromatic rings. The SMILES string of the molecule is O=CC(=NNc1ccc(OC(F)(F)F)cc1)C(=O)O. The molecular formula is C10H7F3N2O4. The van der Waals surface area contributed by atoms with E-state index in [0.717, 1.165) is 12.1 Å². The zero-order chi connectivity index (χ0) is 14.5. The zero-order valence-electron chi connectivity index (χ0n) is 9.14. The van der Waals surface area contributed by atoms with Crippen LogP contribution in [0.3, 0.4) is 0 Å². The summed E-state index contributed by atoms with van der Waals surface area (Å²) in [6.45, 7) is 0. The van der Waals surface area contributed by atoms with Crippen LogP contribution in [-0.2, 0) is 9.59 Å². The third-order valence-electron chi connectivity index (χ3n) is 1.72. The maximum atomic E-state index is 11.9. The monoisotopic (exact) mass is 276 g/mol. The molecule has 0 spiro atoms. The lowest BCUT2D eigenvalue weighted by Crippen LogP contribution is -2.17. The topological polar surface area (TPSA) is 88.0 Å². The van der Waals surface area contributed by atoms with E-state index in [1.54, 1.807) is 0 Å². The first-order chi connectivity index (χ1) is 8.81. The molecule has 0 aromatic heterocycles. The van der Waals surface area contributed by atoms with Gasteiger partial charge in [-0.3, -0.25) is 10.2 Å². The van der Waals surface area contributed by atoms with Gasteiger partial charge in [0.1, 0.15) is 5.75 Å². The maximum Gasteiger partial charge on any atom is 0.573 e. The molecule has 0 saturated carbocycles. The highest BCUT2D eigenvalue weighted by Crippen LogP contribution is 2.23. The van der Waals surface area contributed by atoms with Crippen molar-refractivity contribution in [2.75, 3.05) is 5.43 Å². The molecule has 0 aliphatic heterocycles. The van der Waals surface area contributed by atoms with Crippen LogP contribution in [0.25, 0.3) is 0 Å². The first-order valence-corrected chi connectivity index (χ1v) is 4.70. The van der Waals surface area contributed by atoms with Crippen LogP contribution in [0.15, 0.2) is 29.4 Å². The van der Waals surface area contributed by atoms with Crippen LogP contribution in [0.4, 0.5) is 18.9 Å². The van der Waals surface area contributed by atoms with E-state index in [-0.39, 0.29) is 12.0 Å². The molecule has 0 fully saturated rings. The average molecular weight is 276 g/mol. The Labute approximate surface area is 104 Å². The smallest absolute Gasteiger partial charge is 0.476 e. The highest BCUT2D eigenvalue weighted by Gasteiger charge is 2.30. The van der Waals surface area contributed by atoms with Crippen LogP contribution >= 0.6 is 0 Å². The second kappa shape index (κ2) is 5.85. The Balaban J connectivity index is 2.72. The normalized spacial score (nSPS) is 11.8. The molecule has 0 bridgehead atoms. The van der Waals surface area contributed by atoms with Gasteiger partial charge in [0.25, 0.3) is 0 Å². The summed E-state index contributed by atoms with van der Waals surface area (Å²) in [5.74, 6) is -1.96. The average Bonchev–Trinajstić information content (AvgIpc) is 2.29. The van der Waals surface area contributed by atoms with Gasteiger partial charge in [-0.2, -0.15) is 5.10 Å². The van der Waals surface area contributed by atoms with Gasteiger partial charge in [0.2, 0.25) is 5.71 Å². The van der Waals surface area contributed by atoms with Gasteiger partial charge in [-0.1, -0.05) is 0 Å². The highest BCUT2D eigenvalue weighted by atomic mass is 19.4.